The summed E-state index contributed by atoms with van der Waals surface area (Å²) in [6.07, 6.45) is 0. The smallest absolute Gasteiger partial charge is 0.194 e. The van der Waals surface area contributed by atoms with E-state index in [2.05, 4.69) is 161 Å². The van der Waals surface area contributed by atoms with E-state index in [1.54, 1.807) is 0 Å². The Labute approximate surface area is 513 Å². The minimum absolute atomic E-state index is 0.148. The number of rotatable bonds is 0. The van der Waals surface area contributed by atoms with Crippen molar-refractivity contribution in [3.8, 4) is 0 Å². The fourth-order valence-electron chi connectivity index (χ4n) is 23.9. The maximum absolute atomic E-state index is 15.1. The SMILES string of the molecule is Cc1ccc2c3ccc4c(=O)c5ccc6c7ccc8c9cc%10c%11ccc(C)c%12c%13c(C)ccc%14c%15ccc%16c(=O)c%17ccc%18c%19ccc%20c%21cc%22c%23ccc(C)c%24c1c2c1c(c%23%24)c2c%22c(c%21c9c9c%20c%19c%19c(c%109)c(c%11%12)c(c%14%13)c9c%15c%16c%17c%18c9%19)c8c7c2c2c6c5c4c3c12. The number of hydrogen-bond acceptors (Lipinski definition) is 2. The van der Waals surface area contributed by atoms with Crippen LogP contribution in [0.2, 0.25) is 0 Å². The van der Waals surface area contributed by atoms with Gasteiger partial charge in [0.25, 0.3) is 0 Å². The monoisotopic (exact) mass is 1150 g/mol. The fourth-order valence-corrected chi connectivity index (χ4v) is 23.9. The molecule has 2 heteroatoms. The number of benzene rings is 28. The minimum Gasteiger partial charge on any atom is -0.289 e. The summed E-state index contributed by atoms with van der Waals surface area (Å²) in [5.41, 5.74) is 5.51. The van der Waals surface area contributed by atoms with Crippen molar-refractivity contribution in [2.24, 2.45) is 0 Å². The van der Waals surface area contributed by atoms with Crippen LogP contribution in [0.4, 0.5) is 0 Å². The normalized spacial score (nSPS) is 14.6. The minimum atomic E-state index is 0.148. The quantitative estimate of drug-likeness (QED) is 0.112. The van der Waals surface area contributed by atoms with Gasteiger partial charge in [0, 0.05) is 43.1 Å². The Kier molecular flexibility index (Phi) is 5.49. The third kappa shape index (κ3) is 3.43. The number of aryl methyl sites for hydroxylation is 4. The third-order valence-corrected chi connectivity index (χ3v) is 26.6. The van der Waals surface area contributed by atoms with E-state index in [9.17, 15) is 0 Å². The van der Waals surface area contributed by atoms with Gasteiger partial charge in [0.2, 0.25) is 0 Å². The van der Waals surface area contributed by atoms with E-state index in [0.29, 0.717) is 0 Å². The van der Waals surface area contributed by atoms with Crippen molar-refractivity contribution in [3.05, 3.63) is 176 Å². The summed E-state index contributed by atoms with van der Waals surface area (Å²) in [4.78, 5) is 30.2. The molecule has 0 amide bonds. The molecule has 0 fully saturated rings. The van der Waals surface area contributed by atoms with Gasteiger partial charge in [-0.1, -0.05) is 97.1 Å². The molecule has 0 heterocycles. The molecular formula is C90H34O2. The van der Waals surface area contributed by atoms with Crippen LogP contribution in [-0.2, 0) is 0 Å². The van der Waals surface area contributed by atoms with Crippen molar-refractivity contribution in [1.29, 1.82) is 0 Å². The van der Waals surface area contributed by atoms with Crippen LogP contribution in [0, 0.1) is 27.7 Å². The molecule has 0 N–H and O–H groups in total. The third-order valence-electron chi connectivity index (χ3n) is 26.6. The van der Waals surface area contributed by atoms with E-state index in [1.807, 2.05) is 0 Å². The van der Waals surface area contributed by atoms with Crippen LogP contribution in [-0.4, -0.2) is 0 Å². The lowest BCUT2D eigenvalue weighted by molar-refractivity contribution is 1.53. The van der Waals surface area contributed by atoms with Gasteiger partial charge < -0.3 is 0 Å². The number of hydrogen-bond donors (Lipinski definition) is 0. The number of fused-ring (bicyclic) bond motifs is 10. The van der Waals surface area contributed by atoms with E-state index < -0.39 is 0 Å². The molecule has 0 atom stereocenters. The fraction of sp³-hybridized carbons (Fsp3) is 0.0444. The Morgan fingerprint density at radius 2 is 0.250 bits per heavy atom. The van der Waals surface area contributed by atoms with Crippen LogP contribution in [0.15, 0.2) is 143 Å². The van der Waals surface area contributed by atoms with Crippen molar-refractivity contribution in [2.45, 2.75) is 27.7 Å². The van der Waals surface area contributed by atoms with Gasteiger partial charge in [0.15, 0.2) is 10.9 Å². The first-order valence-electron chi connectivity index (χ1n) is 32.9. The maximum atomic E-state index is 15.1. The van der Waals surface area contributed by atoms with Crippen LogP contribution >= 0.6 is 0 Å². The van der Waals surface area contributed by atoms with Crippen molar-refractivity contribution in [2.75, 3.05) is 0 Å². The van der Waals surface area contributed by atoms with Crippen molar-refractivity contribution >= 4 is 312 Å². The van der Waals surface area contributed by atoms with Crippen LogP contribution < -0.4 is 10.9 Å². The molecule has 0 aliphatic rings. The molecule has 2 nitrogen and oxygen atoms in total. The summed E-state index contributed by atoms with van der Waals surface area (Å²) in [6, 6.07) is 52.8. The van der Waals surface area contributed by atoms with Crippen LogP contribution in [0.25, 0.3) is 312 Å². The molecular weight excluding hydrogens is 1110 g/mol. The zero-order chi connectivity index (χ0) is 58.5. The molecule has 30 rings (SSSR count). The Hall–Kier alpha value is -11.6. The largest absolute Gasteiger partial charge is 0.289 e. The van der Waals surface area contributed by atoms with Crippen molar-refractivity contribution in [3.63, 3.8) is 0 Å². The van der Waals surface area contributed by atoms with Gasteiger partial charge in [-0.25, -0.2) is 0 Å². The molecule has 0 saturated carbocycles. The average Bonchev–Trinajstić information content (AvgIpc) is 0.677. The Morgan fingerprint density at radius 1 is 0.130 bits per heavy atom. The topological polar surface area (TPSA) is 34.1 Å². The lowest BCUT2D eigenvalue weighted by atomic mass is 9.69. The first-order chi connectivity index (χ1) is 45.3. The molecule has 0 bridgehead atoms. The Bertz CT molecular complexity index is 8450. The van der Waals surface area contributed by atoms with E-state index >= 15 is 9.59 Å². The molecule has 0 saturated heterocycles. The Balaban J connectivity index is 0.977. The zero-order valence-electron chi connectivity index (χ0n) is 49.5. The summed E-state index contributed by atoms with van der Waals surface area (Å²) in [5.74, 6) is 0. The molecule has 0 unspecified atom stereocenters. The van der Waals surface area contributed by atoms with Crippen LogP contribution in [0.5, 0.6) is 0 Å². The van der Waals surface area contributed by atoms with Gasteiger partial charge in [-0.2, -0.15) is 0 Å². The molecule has 0 aliphatic heterocycles. The predicted octanol–water partition coefficient (Wildman–Crippen LogP) is 24.4. The lowest BCUT2D eigenvalue weighted by Gasteiger charge is -2.33. The van der Waals surface area contributed by atoms with E-state index in [0.717, 1.165) is 43.1 Å². The second-order valence-corrected chi connectivity index (χ2v) is 29.5. The highest BCUT2D eigenvalue weighted by atomic mass is 16.1. The first-order valence-corrected chi connectivity index (χ1v) is 32.9. The van der Waals surface area contributed by atoms with Gasteiger partial charge in [-0.15, -0.1) is 0 Å². The molecule has 30 aromatic rings. The average molecular weight is 1150 g/mol. The maximum Gasteiger partial charge on any atom is 0.194 e. The summed E-state index contributed by atoms with van der Waals surface area (Å²) >= 11 is 0. The highest BCUT2D eigenvalue weighted by Gasteiger charge is 2.40. The summed E-state index contributed by atoms with van der Waals surface area (Å²) in [6.45, 7) is 9.39. The molecule has 0 radical (unpaired) electrons. The van der Waals surface area contributed by atoms with Crippen molar-refractivity contribution < 1.29 is 0 Å². The molecule has 30 aromatic carbocycles. The van der Waals surface area contributed by atoms with Crippen molar-refractivity contribution in [1.82, 2.24) is 0 Å². The lowest BCUT2D eigenvalue weighted by Crippen LogP contribution is -2.04. The van der Waals surface area contributed by atoms with E-state index in [1.165, 1.54) is 292 Å². The standard InChI is InChI=1S/C90H34O2/c1-27-5-9-31-35-17-21-43-67-61(35)83-77-55(31)51(27)53-29(3)7-11-39-49-25-47-41-15-14-34-38-20-24-46-70-64(38)86-82-60(34)66(41)76-72-48(42-16-13-33-37-19-23-45(89(43)91)69(67)63(37)85(83)81-59(33)65(42)75(71(47)72)73(49)87(81)79(77)57(39)53)26-50-40-12-8-30(4)54-52-28(2)6-10-32-36-18-22-44(90(46)92)68(70)62(36)84(86)78(56(32)52)80(58(40)54)88(82)74(50)76/h5-26H,1-4H3. The van der Waals surface area contributed by atoms with Crippen LogP contribution in [0.1, 0.15) is 22.3 Å². The molecule has 0 spiro atoms. The summed E-state index contributed by atoms with van der Waals surface area (Å²) in [7, 11) is 0. The highest BCUT2D eigenvalue weighted by Crippen LogP contribution is 2.68. The van der Waals surface area contributed by atoms with Crippen LogP contribution in [0.3, 0.4) is 0 Å². The van der Waals surface area contributed by atoms with Gasteiger partial charge in [0.1, 0.15) is 0 Å². The van der Waals surface area contributed by atoms with Gasteiger partial charge in [0.05, 0.1) is 0 Å². The molecule has 406 valence electrons. The second kappa shape index (κ2) is 11.9. The molecule has 92 heavy (non-hydrogen) atoms. The summed E-state index contributed by atoms with van der Waals surface area (Å²) < 4.78 is 0. The second-order valence-electron chi connectivity index (χ2n) is 29.5. The van der Waals surface area contributed by atoms with Gasteiger partial charge >= 0.3 is 0 Å². The van der Waals surface area contributed by atoms with Gasteiger partial charge in [-0.3, -0.25) is 9.59 Å². The summed E-state index contributed by atoms with van der Waals surface area (Å²) in [5, 5.41) is 74.8. The highest BCUT2D eigenvalue weighted by molar-refractivity contribution is 6.69. The van der Waals surface area contributed by atoms with E-state index in [4.69, 9.17) is 0 Å². The predicted molar refractivity (Wildman–Crippen MR) is 398 cm³/mol. The van der Waals surface area contributed by atoms with Gasteiger partial charge in [-0.05, 0) is 356 Å². The first kappa shape index (κ1) is 42.4. The molecule has 0 aromatic heterocycles. The zero-order valence-corrected chi connectivity index (χ0v) is 49.5. The Morgan fingerprint density at radius 3 is 0.457 bits per heavy atom. The molecule has 0 aliphatic carbocycles. The van der Waals surface area contributed by atoms with E-state index in [-0.39, 0.29) is 10.9 Å².